The van der Waals surface area contributed by atoms with Crippen molar-refractivity contribution in [1.29, 1.82) is 0 Å². The minimum atomic E-state index is -5.47. The average molecular weight is 483 g/mol. The maximum absolute atomic E-state index is 10.9. The molecule has 0 rings (SSSR count). The Hall–Kier alpha value is -0.460. The highest BCUT2D eigenvalue weighted by molar-refractivity contribution is 7.71. The fraction of sp³-hybridized carbons (Fsp3) is 0.714. The van der Waals surface area contributed by atoms with Gasteiger partial charge < -0.3 is 45.3 Å². The molecule has 0 aromatic heterocycles. The molecule has 0 fully saturated rings. The van der Waals surface area contributed by atoms with Crippen LogP contribution in [0.3, 0.4) is 0 Å². The number of carboxylic acids is 2. The molecule has 16 nitrogen and oxygen atoms in total. The predicted octanol–water partition coefficient (Wildman–Crippen LogP) is -1.42. The van der Waals surface area contributed by atoms with E-state index in [1.807, 2.05) is 6.92 Å². The van der Waals surface area contributed by atoms with Gasteiger partial charge in [-0.05, 0) is 6.54 Å². The number of hydrogen-bond donors (Lipinski definition) is 9. The molecule has 3 unspecified atom stereocenters. The molecule has 3 atom stereocenters. The molecule has 0 radical (unpaired) electrons. The summed E-state index contributed by atoms with van der Waals surface area (Å²) in [5.74, 6) is -6.14. The van der Waals surface area contributed by atoms with Crippen LogP contribution in [0.25, 0.3) is 0 Å². The van der Waals surface area contributed by atoms with Gasteiger partial charge in [0.05, 0.1) is 12.3 Å². The number of carboxylic acid groups (broad SMARTS) is 2. The molecular formula is C7H21NO15P4. The van der Waals surface area contributed by atoms with Crippen LogP contribution in [0.15, 0.2) is 0 Å². The van der Waals surface area contributed by atoms with Gasteiger partial charge in [0, 0.05) is 0 Å². The normalized spacial score (nSPS) is 14.7. The number of aliphatic carboxylic acids is 2. The SMILES string of the molecule is CCN.O=C(O)CC(C(=O)O)C(P(=O)(O)O)P(=O)(O)O.O=[PH](O)O[PH](=O)O. The van der Waals surface area contributed by atoms with Gasteiger partial charge in [-0.15, -0.1) is 0 Å². The van der Waals surface area contributed by atoms with Gasteiger partial charge in [-0.1, -0.05) is 6.92 Å². The van der Waals surface area contributed by atoms with Gasteiger partial charge in [-0.3, -0.25) is 27.8 Å². The Morgan fingerprint density at radius 3 is 1.41 bits per heavy atom. The second kappa shape index (κ2) is 14.5. The molecule has 0 aromatic carbocycles. The molecule has 27 heavy (non-hydrogen) atoms. The van der Waals surface area contributed by atoms with Crippen molar-refractivity contribution in [3.63, 3.8) is 0 Å². The molecule has 10 N–H and O–H groups in total. The molecule has 0 spiro atoms. The minimum Gasteiger partial charge on any atom is -0.481 e. The number of nitrogens with two attached hydrogens (primary N) is 1. The van der Waals surface area contributed by atoms with Crippen LogP contribution in [0.5, 0.6) is 0 Å². The summed E-state index contributed by atoms with van der Waals surface area (Å²) in [6.45, 7) is 2.65. The quantitative estimate of drug-likeness (QED) is 0.179. The summed E-state index contributed by atoms with van der Waals surface area (Å²) >= 11 is 0. The largest absolute Gasteiger partial charge is 0.481 e. The van der Waals surface area contributed by atoms with Gasteiger partial charge in [0.1, 0.15) is 0 Å². The van der Waals surface area contributed by atoms with Crippen LogP contribution < -0.4 is 5.73 Å². The van der Waals surface area contributed by atoms with Crippen molar-refractivity contribution in [2.24, 2.45) is 11.7 Å². The summed E-state index contributed by atoms with van der Waals surface area (Å²) in [6.07, 6.45) is -1.31. The van der Waals surface area contributed by atoms with Crippen molar-refractivity contribution >= 4 is 43.6 Å². The van der Waals surface area contributed by atoms with E-state index >= 15 is 0 Å². The molecule has 0 aliphatic rings. The summed E-state index contributed by atoms with van der Waals surface area (Å²) < 4.78 is 44.0. The van der Waals surface area contributed by atoms with Gasteiger partial charge >= 0.3 is 43.6 Å². The zero-order valence-electron chi connectivity index (χ0n) is 13.5. The van der Waals surface area contributed by atoms with Crippen LogP contribution in [0, 0.1) is 5.92 Å². The number of rotatable bonds is 8. The Balaban J connectivity index is -0.000000476. The number of hydrogen-bond acceptors (Lipinski definition) is 8. The minimum absolute atomic E-state index is 0.750. The first-order valence-corrected chi connectivity index (χ1v) is 12.2. The molecule has 0 saturated heterocycles. The number of carbonyl (C=O) groups is 2. The van der Waals surface area contributed by atoms with E-state index < -0.39 is 61.4 Å². The first-order valence-electron chi connectivity index (χ1n) is 6.30. The highest BCUT2D eigenvalue weighted by Crippen LogP contribution is 2.63. The maximum atomic E-state index is 10.9. The third-order valence-corrected chi connectivity index (χ3v) is 7.24. The Kier molecular flexibility index (Phi) is 16.8. The Bertz CT molecular complexity index is 575. The van der Waals surface area contributed by atoms with Crippen LogP contribution in [0.4, 0.5) is 0 Å². The van der Waals surface area contributed by atoms with Crippen LogP contribution in [0.1, 0.15) is 13.3 Å². The van der Waals surface area contributed by atoms with Crippen molar-refractivity contribution in [2.75, 3.05) is 6.54 Å². The van der Waals surface area contributed by atoms with Gasteiger partial charge in [-0.2, -0.15) is 0 Å². The first kappa shape index (κ1) is 31.2. The van der Waals surface area contributed by atoms with Crippen molar-refractivity contribution in [1.82, 2.24) is 0 Å². The summed E-state index contributed by atoms with van der Waals surface area (Å²) in [5.41, 5.74) is 4.85. The fourth-order valence-corrected chi connectivity index (χ4v) is 4.82. The Morgan fingerprint density at radius 2 is 1.30 bits per heavy atom. The topological polar surface area (TPSA) is 300 Å². The van der Waals surface area contributed by atoms with E-state index in [9.17, 15) is 27.8 Å². The maximum Gasteiger partial charge on any atom is 0.341 e. The van der Waals surface area contributed by atoms with Crippen molar-refractivity contribution < 1.29 is 71.7 Å². The van der Waals surface area contributed by atoms with Gasteiger partial charge in [0.15, 0.2) is 5.40 Å². The fourth-order valence-electron chi connectivity index (χ4n) is 1.25. The van der Waals surface area contributed by atoms with E-state index in [0.717, 1.165) is 6.54 Å². The molecule has 0 aliphatic carbocycles. The first-order chi connectivity index (χ1) is 11.9. The zero-order chi connectivity index (χ0) is 22.6. The lowest BCUT2D eigenvalue weighted by Crippen LogP contribution is -2.30. The lowest BCUT2D eigenvalue weighted by atomic mass is 10.1. The van der Waals surface area contributed by atoms with Gasteiger partial charge in [0.25, 0.3) is 0 Å². The monoisotopic (exact) mass is 483 g/mol. The molecule has 164 valence electrons. The zero-order valence-corrected chi connectivity index (χ0v) is 17.3. The van der Waals surface area contributed by atoms with E-state index in [1.165, 1.54) is 0 Å². The third-order valence-electron chi connectivity index (χ3n) is 1.94. The van der Waals surface area contributed by atoms with Crippen molar-refractivity contribution in [3.8, 4) is 0 Å². The second-order valence-corrected chi connectivity index (χ2v) is 9.93. The third kappa shape index (κ3) is 18.7. The highest BCUT2D eigenvalue weighted by Gasteiger charge is 2.52. The molecule has 0 heterocycles. The highest BCUT2D eigenvalue weighted by atomic mass is 31.2. The predicted molar refractivity (Wildman–Crippen MR) is 89.5 cm³/mol. The van der Waals surface area contributed by atoms with E-state index in [0.29, 0.717) is 0 Å². The lowest BCUT2D eigenvalue weighted by molar-refractivity contribution is -0.148. The average Bonchev–Trinajstić information content (AvgIpc) is 2.33. The van der Waals surface area contributed by atoms with Gasteiger partial charge in [-0.25, -0.2) is 4.31 Å². The van der Waals surface area contributed by atoms with Crippen LogP contribution >= 0.6 is 31.7 Å². The van der Waals surface area contributed by atoms with Crippen molar-refractivity contribution in [3.05, 3.63) is 0 Å². The van der Waals surface area contributed by atoms with E-state index in [4.69, 9.17) is 45.3 Å². The lowest BCUT2D eigenvalue weighted by Gasteiger charge is -2.24. The molecule has 0 aliphatic heterocycles. The van der Waals surface area contributed by atoms with Crippen LogP contribution in [-0.4, -0.2) is 63.5 Å². The smallest absolute Gasteiger partial charge is 0.341 e. The van der Waals surface area contributed by atoms with Crippen LogP contribution in [0.2, 0.25) is 0 Å². The van der Waals surface area contributed by atoms with E-state index in [1.54, 1.807) is 0 Å². The molecule has 0 bridgehead atoms. The second-order valence-electron chi connectivity index (χ2n) is 4.18. The summed E-state index contributed by atoms with van der Waals surface area (Å²) in [5, 5.41) is 14.0. The van der Waals surface area contributed by atoms with E-state index in [-0.39, 0.29) is 0 Å². The van der Waals surface area contributed by atoms with Gasteiger partial charge in [0.2, 0.25) is 0 Å². The standard InChI is InChI=1S/C5H10O10P2.C2H7N.H4O5P2/c6-3(7)1-2(4(8)9)5(16(10,11)12)17(13,14)15;1-2-3;1-6(2)5-7(3)4/h2,5H,1H2,(H,6,7)(H,8,9)(H2,10,11,12)(H2,13,14,15);2-3H2,1H3;6-7H,(H,1,2)(H,3,4). The summed E-state index contributed by atoms with van der Waals surface area (Å²) in [4.78, 5) is 71.2. The van der Waals surface area contributed by atoms with Crippen LogP contribution in [-0.2, 0) is 32.2 Å². The van der Waals surface area contributed by atoms with E-state index in [2.05, 4.69) is 4.31 Å². The molecule has 0 amide bonds. The summed E-state index contributed by atoms with van der Waals surface area (Å²) in [7, 11) is -17.3. The Morgan fingerprint density at radius 1 is 1.00 bits per heavy atom. The van der Waals surface area contributed by atoms with Crippen molar-refractivity contribution in [2.45, 2.75) is 18.7 Å². The Labute approximate surface area is 153 Å². The molecule has 0 saturated carbocycles. The summed E-state index contributed by atoms with van der Waals surface area (Å²) in [6, 6.07) is 0. The molecular weight excluding hydrogens is 462 g/mol. The molecule has 20 heteroatoms. The molecule has 0 aromatic rings.